The lowest BCUT2D eigenvalue weighted by atomic mass is 9.92. The summed E-state index contributed by atoms with van der Waals surface area (Å²) in [6, 6.07) is 9.09. The van der Waals surface area contributed by atoms with Crippen LogP contribution in [0.4, 0.5) is 19.3 Å². The number of hydrogen-bond donors (Lipinski definition) is 0. The van der Waals surface area contributed by atoms with E-state index in [1.54, 1.807) is 11.1 Å². The summed E-state index contributed by atoms with van der Waals surface area (Å²) in [4.78, 5) is 47.9. The fourth-order valence-corrected chi connectivity index (χ4v) is 8.20. The molecule has 1 amide bonds. The standard InChI is InChI=1S/C33H34ClF2N5O4S/c1-33(2,3)45-32(44)39-8-5-20(15-39)40-14-18-10-23(18)25-12-19(34)11-24(29(25)40)22-4-7-37-26-13-21(46-30(22)26)16-41-28(42)6-9-38(31(41)43)17-27(35)36/h4,6-7,9,11-13,18,20,23,27H,5,8,10,14-17H2,1-3H3/t18-,20?,23-/m1/s1. The Labute approximate surface area is 273 Å². The predicted octanol–water partition coefficient (Wildman–Crippen LogP) is 6.19. The first kappa shape index (κ1) is 30.9. The SMILES string of the molecule is CC(C)(C)OC(=O)N1CCC(N2C[C@H]3C[C@H]3c3cc(Cl)cc(-c4ccnc5cc(Cn6c(=O)ccn(CC(F)F)c6=O)sc45)c32)C1. The average molecular weight is 670 g/mol. The number of likely N-dealkylation sites (tertiary alicyclic amines) is 1. The molecule has 4 aromatic rings. The number of alkyl halides is 2. The number of anilines is 1. The predicted molar refractivity (Wildman–Crippen MR) is 175 cm³/mol. The average Bonchev–Trinajstić information content (AvgIpc) is 3.39. The summed E-state index contributed by atoms with van der Waals surface area (Å²) in [7, 11) is 0. The molecule has 242 valence electrons. The highest BCUT2D eigenvalue weighted by molar-refractivity contribution is 7.19. The van der Waals surface area contributed by atoms with Crippen LogP contribution in [0.2, 0.25) is 5.02 Å². The summed E-state index contributed by atoms with van der Waals surface area (Å²) in [5, 5.41) is 0.639. The second kappa shape index (κ2) is 11.5. The minimum absolute atomic E-state index is 0.0612. The number of pyridine rings is 1. The van der Waals surface area contributed by atoms with Crippen LogP contribution in [0.25, 0.3) is 21.3 Å². The van der Waals surface area contributed by atoms with Crippen LogP contribution in [0.1, 0.15) is 50.0 Å². The second-order valence-corrected chi connectivity index (χ2v) is 14.9. The first-order valence-electron chi connectivity index (χ1n) is 15.4. The van der Waals surface area contributed by atoms with Gasteiger partial charge in [-0.3, -0.25) is 18.9 Å². The maximum Gasteiger partial charge on any atom is 0.410 e. The van der Waals surface area contributed by atoms with Gasteiger partial charge in [-0.25, -0.2) is 18.4 Å². The van der Waals surface area contributed by atoms with Crippen molar-refractivity contribution in [3.8, 4) is 11.1 Å². The van der Waals surface area contributed by atoms with E-state index in [0.29, 0.717) is 40.3 Å². The van der Waals surface area contributed by atoms with Crippen molar-refractivity contribution in [2.24, 2.45) is 5.92 Å². The number of rotatable bonds is 6. The number of amides is 1. The number of thiophene rings is 1. The van der Waals surface area contributed by atoms with Crippen molar-refractivity contribution < 1.29 is 18.3 Å². The Morgan fingerprint density at radius 2 is 1.96 bits per heavy atom. The van der Waals surface area contributed by atoms with Crippen LogP contribution >= 0.6 is 22.9 Å². The zero-order valence-electron chi connectivity index (χ0n) is 25.7. The molecule has 3 aliphatic rings. The number of halogens is 3. The van der Waals surface area contributed by atoms with Crippen molar-refractivity contribution in [2.45, 2.75) is 70.7 Å². The van der Waals surface area contributed by atoms with Crippen LogP contribution in [-0.2, 0) is 17.8 Å². The highest BCUT2D eigenvalue weighted by atomic mass is 35.5. The fraction of sp³-hybridized carbons (Fsp3) is 0.455. The quantitative estimate of drug-likeness (QED) is 0.243. The smallest absolute Gasteiger partial charge is 0.410 e. The van der Waals surface area contributed by atoms with Gasteiger partial charge in [-0.15, -0.1) is 11.3 Å². The summed E-state index contributed by atoms with van der Waals surface area (Å²) in [5.74, 6) is 0.974. The van der Waals surface area contributed by atoms with Gasteiger partial charge in [-0.05, 0) is 75.3 Å². The van der Waals surface area contributed by atoms with E-state index in [1.165, 1.54) is 16.9 Å². The summed E-state index contributed by atoms with van der Waals surface area (Å²) in [6.45, 7) is 6.84. The van der Waals surface area contributed by atoms with Gasteiger partial charge in [-0.2, -0.15) is 0 Å². The zero-order valence-corrected chi connectivity index (χ0v) is 27.3. The van der Waals surface area contributed by atoms with Crippen LogP contribution in [0.15, 0.2) is 52.3 Å². The van der Waals surface area contributed by atoms with Crippen LogP contribution < -0.4 is 16.1 Å². The van der Waals surface area contributed by atoms with Gasteiger partial charge in [0, 0.05) is 70.9 Å². The molecule has 0 bridgehead atoms. The van der Waals surface area contributed by atoms with E-state index in [1.807, 2.05) is 39.0 Å². The second-order valence-electron chi connectivity index (χ2n) is 13.4. The third kappa shape index (κ3) is 5.81. The summed E-state index contributed by atoms with van der Waals surface area (Å²) in [6.07, 6.45) is 1.73. The summed E-state index contributed by atoms with van der Waals surface area (Å²) >= 11 is 8.18. The lowest BCUT2D eigenvalue weighted by Gasteiger charge is -2.38. The normalized spacial score (nSPS) is 20.7. The highest BCUT2D eigenvalue weighted by Crippen LogP contribution is 2.58. The van der Waals surface area contributed by atoms with E-state index in [0.717, 1.165) is 62.3 Å². The van der Waals surface area contributed by atoms with Crippen molar-refractivity contribution in [1.82, 2.24) is 19.0 Å². The minimum atomic E-state index is -2.72. The Morgan fingerprint density at radius 3 is 2.72 bits per heavy atom. The van der Waals surface area contributed by atoms with Gasteiger partial charge >= 0.3 is 11.8 Å². The van der Waals surface area contributed by atoms with Gasteiger partial charge in [0.25, 0.3) is 12.0 Å². The topological polar surface area (TPSA) is 89.7 Å². The van der Waals surface area contributed by atoms with Crippen LogP contribution in [0, 0.1) is 5.92 Å². The molecule has 13 heteroatoms. The third-order valence-electron chi connectivity index (χ3n) is 8.94. The van der Waals surface area contributed by atoms with Crippen LogP contribution in [-0.4, -0.2) is 62.8 Å². The summed E-state index contributed by atoms with van der Waals surface area (Å²) < 4.78 is 34.4. The fourth-order valence-electron chi connectivity index (χ4n) is 6.85. The van der Waals surface area contributed by atoms with E-state index >= 15 is 0 Å². The summed E-state index contributed by atoms with van der Waals surface area (Å²) in [5.41, 5.74) is 3.03. The monoisotopic (exact) mass is 669 g/mol. The number of benzene rings is 1. The number of carbonyl (C=O) groups excluding carboxylic acids is 1. The number of fused-ring (bicyclic) bond motifs is 4. The van der Waals surface area contributed by atoms with Crippen molar-refractivity contribution in [1.29, 1.82) is 0 Å². The first-order valence-corrected chi connectivity index (χ1v) is 16.6. The van der Waals surface area contributed by atoms with E-state index in [-0.39, 0.29) is 18.7 Å². The van der Waals surface area contributed by atoms with E-state index in [4.69, 9.17) is 16.3 Å². The molecule has 5 heterocycles. The molecule has 0 radical (unpaired) electrons. The van der Waals surface area contributed by atoms with Gasteiger partial charge in [0.2, 0.25) is 0 Å². The molecule has 46 heavy (non-hydrogen) atoms. The molecule has 2 aliphatic heterocycles. The van der Waals surface area contributed by atoms with E-state index in [2.05, 4.69) is 16.0 Å². The van der Waals surface area contributed by atoms with Gasteiger partial charge in [0.1, 0.15) is 5.60 Å². The Kier molecular flexibility index (Phi) is 7.70. The lowest BCUT2D eigenvalue weighted by molar-refractivity contribution is 0.0292. The van der Waals surface area contributed by atoms with Gasteiger partial charge < -0.3 is 14.5 Å². The Hall–Kier alpha value is -3.77. The maximum atomic E-state index is 13.0. The molecule has 9 nitrogen and oxygen atoms in total. The molecular weight excluding hydrogens is 636 g/mol. The molecule has 0 spiro atoms. The molecule has 1 saturated carbocycles. The molecular formula is C33H34ClF2N5O4S. The Morgan fingerprint density at radius 1 is 1.15 bits per heavy atom. The molecule has 1 unspecified atom stereocenters. The number of nitrogens with zero attached hydrogens (tertiary/aromatic N) is 5. The maximum absolute atomic E-state index is 13.0. The molecule has 0 N–H and O–H groups in total. The molecule has 1 aliphatic carbocycles. The van der Waals surface area contributed by atoms with Crippen molar-refractivity contribution in [3.63, 3.8) is 0 Å². The third-order valence-corrected chi connectivity index (χ3v) is 10.3. The van der Waals surface area contributed by atoms with Gasteiger partial charge in [0.05, 0.1) is 23.3 Å². The lowest BCUT2D eigenvalue weighted by Crippen LogP contribution is -2.43. The molecule has 3 aromatic heterocycles. The van der Waals surface area contributed by atoms with Crippen molar-refractivity contribution in [3.05, 3.63) is 79.0 Å². The Bertz CT molecular complexity index is 1970. The molecule has 1 aromatic carbocycles. The van der Waals surface area contributed by atoms with Crippen molar-refractivity contribution >= 4 is 44.9 Å². The van der Waals surface area contributed by atoms with Crippen LogP contribution in [0.3, 0.4) is 0 Å². The van der Waals surface area contributed by atoms with E-state index < -0.39 is 29.8 Å². The number of ether oxygens (including phenoxy) is 1. The first-order chi connectivity index (χ1) is 21.9. The number of aromatic nitrogens is 3. The molecule has 3 atom stereocenters. The van der Waals surface area contributed by atoms with Crippen LogP contribution in [0.5, 0.6) is 0 Å². The van der Waals surface area contributed by atoms with Gasteiger partial charge in [0.15, 0.2) is 0 Å². The van der Waals surface area contributed by atoms with Gasteiger partial charge in [-0.1, -0.05) is 11.6 Å². The number of carbonyl (C=O) groups is 1. The minimum Gasteiger partial charge on any atom is -0.444 e. The Balaban J connectivity index is 1.26. The molecule has 2 fully saturated rings. The molecule has 7 rings (SSSR count). The van der Waals surface area contributed by atoms with Crippen molar-refractivity contribution in [2.75, 3.05) is 24.5 Å². The molecule has 1 saturated heterocycles. The largest absolute Gasteiger partial charge is 0.444 e. The highest BCUT2D eigenvalue weighted by Gasteiger charge is 2.48. The number of hydrogen-bond acceptors (Lipinski definition) is 7. The zero-order chi connectivity index (χ0) is 32.5. The van der Waals surface area contributed by atoms with E-state index in [9.17, 15) is 23.2 Å².